The van der Waals surface area contributed by atoms with Gasteiger partial charge < -0.3 is 10.4 Å². The number of aliphatic carboxylic acids is 1. The first kappa shape index (κ1) is 15.2. The molecule has 1 aromatic heterocycles. The Morgan fingerprint density at radius 1 is 1.47 bits per heavy atom. The van der Waals surface area contributed by atoms with Gasteiger partial charge >= 0.3 is 5.97 Å². The summed E-state index contributed by atoms with van der Waals surface area (Å²) in [5.41, 5.74) is 1.01. The number of rotatable bonds is 4. The van der Waals surface area contributed by atoms with Crippen LogP contribution in [-0.4, -0.2) is 33.3 Å². The predicted octanol–water partition coefficient (Wildman–Crippen LogP) is 1.40. The molecule has 0 spiro atoms. The van der Waals surface area contributed by atoms with Gasteiger partial charge in [-0.2, -0.15) is 5.10 Å². The first-order chi connectivity index (χ1) is 8.62. The number of aromatic nitrogens is 2. The molecule has 1 heterocycles. The maximum Gasteiger partial charge on any atom is 0.308 e. The lowest BCUT2D eigenvalue weighted by Gasteiger charge is -2.21. The molecular weight excluding hydrogens is 246 g/mol. The summed E-state index contributed by atoms with van der Waals surface area (Å²) in [6.45, 7) is 9.52. The quantitative estimate of drug-likeness (QED) is 0.863. The first-order valence-corrected chi connectivity index (χ1v) is 6.21. The van der Waals surface area contributed by atoms with Crippen molar-refractivity contribution in [3.8, 4) is 0 Å². The standard InChI is InChI=1S/C13H21N3O3/c1-8(12(18)19)7-14-11(17)10-6-9(2)16(15-10)13(3,4)5/h6,8H,7H2,1-5H3,(H,14,17)(H,18,19)/t8-/m0/s1. The summed E-state index contributed by atoms with van der Waals surface area (Å²) in [6, 6.07) is 1.70. The van der Waals surface area contributed by atoms with Crippen LogP contribution in [-0.2, 0) is 10.3 Å². The minimum Gasteiger partial charge on any atom is -0.481 e. The van der Waals surface area contributed by atoms with Gasteiger partial charge in [-0.15, -0.1) is 0 Å². The summed E-state index contributed by atoms with van der Waals surface area (Å²) in [6.07, 6.45) is 0. The van der Waals surface area contributed by atoms with E-state index >= 15 is 0 Å². The van der Waals surface area contributed by atoms with E-state index in [1.807, 2.05) is 27.7 Å². The van der Waals surface area contributed by atoms with Crippen molar-refractivity contribution in [1.82, 2.24) is 15.1 Å². The van der Waals surface area contributed by atoms with Crippen LogP contribution in [0.1, 0.15) is 43.9 Å². The van der Waals surface area contributed by atoms with Gasteiger partial charge in [-0.1, -0.05) is 6.92 Å². The van der Waals surface area contributed by atoms with E-state index in [4.69, 9.17) is 5.11 Å². The highest BCUT2D eigenvalue weighted by Gasteiger charge is 2.20. The minimum absolute atomic E-state index is 0.0928. The Balaban J connectivity index is 2.76. The molecule has 0 saturated carbocycles. The zero-order valence-electron chi connectivity index (χ0n) is 12.0. The van der Waals surface area contributed by atoms with Crippen molar-refractivity contribution < 1.29 is 14.7 Å². The number of amides is 1. The van der Waals surface area contributed by atoms with Crippen molar-refractivity contribution in [2.75, 3.05) is 6.54 Å². The molecule has 0 aliphatic rings. The summed E-state index contributed by atoms with van der Waals surface area (Å²) in [5.74, 6) is -1.90. The maximum absolute atomic E-state index is 11.9. The molecule has 0 radical (unpaired) electrons. The Morgan fingerprint density at radius 3 is 2.47 bits per heavy atom. The number of nitrogens with one attached hydrogen (secondary N) is 1. The number of carboxylic acid groups (broad SMARTS) is 1. The Kier molecular flexibility index (Phi) is 4.34. The van der Waals surface area contributed by atoms with Crippen LogP contribution in [0.2, 0.25) is 0 Å². The van der Waals surface area contributed by atoms with E-state index in [9.17, 15) is 9.59 Å². The molecule has 0 unspecified atom stereocenters. The normalized spacial score (nSPS) is 13.1. The molecular formula is C13H21N3O3. The molecule has 1 amide bonds. The van der Waals surface area contributed by atoms with E-state index in [0.717, 1.165) is 5.69 Å². The second-order valence-corrected chi connectivity index (χ2v) is 5.70. The summed E-state index contributed by atoms with van der Waals surface area (Å²) in [7, 11) is 0. The van der Waals surface area contributed by atoms with Crippen molar-refractivity contribution in [2.24, 2.45) is 5.92 Å². The van der Waals surface area contributed by atoms with Crippen LogP contribution < -0.4 is 5.32 Å². The third-order valence-electron chi connectivity index (χ3n) is 2.75. The molecule has 0 saturated heterocycles. The van der Waals surface area contributed by atoms with E-state index in [1.165, 1.54) is 0 Å². The van der Waals surface area contributed by atoms with Crippen LogP contribution in [0, 0.1) is 12.8 Å². The van der Waals surface area contributed by atoms with Gasteiger partial charge in [0, 0.05) is 12.2 Å². The lowest BCUT2D eigenvalue weighted by atomic mass is 10.1. The second kappa shape index (κ2) is 5.42. The minimum atomic E-state index is -0.934. The lowest BCUT2D eigenvalue weighted by Crippen LogP contribution is -2.32. The highest BCUT2D eigenvalue weighted by atomic mass is 16.4. The number of aryl methyl sites for hydroxylation is 1. The van der Waals surface area contributed by atoms with Crippen molar-refractivity contribution in [3.63, 3.8) is 0 Å². The second-order valence-electron chi connectivity index (χ2n) is 5.70. The molecule has 106 valence electrons. The van der Waals surface area contributed by atoms with Gasteiger partial charge in [0.25, 0.3) is 5.91 Å². The number of hydrogen-bond acceptors (Lipinski definition) is 3. The van der Waals surface area contributed by atoms with Crippen molar-refractivity contribution in [3.05, 3.63) is 17.5 Å². The van der Waals surface area contributed by atoms with Crippen molar-refractivity contribution in [1.29, 1.82) is 0 Å². The molecule has 0 fully saturated rings. The van der Waals surface area contributed by atoms with Crippen LogP contribution in [0.15, 0.2) is 6.07 Å². The molecule has 0 bridgehead atoms. The van der Waals surface area contributed by atoms with Crippen LogP contribution >= 0.6 is 0 Å². The van der Waals surface area contributed by atoms with Crippen LogP contribution in [0.25, 0.3) is 0 Å². The van der Waals surface area contributed by atoms with Crippen LogP contribution in [0.3, 0.4) is 0 Å². The number of carboxylic acids is 1. The fourth-order valence-corrected chi connectivity index (χ4v) is 1.69. The van der Waals surface area contributed by atoms with Crippen LogP contribution in [0.4, 0.5) is 0 Å². The highest BCUT2D eigenvalue weighted by molar-refractivity contribution is 5.92. The first-order valence-electron chi connectivity index (χ1n) is 6.21. The van der Waals surface area contributed by atoms with Gasteiger partial charge in [-0.25, -0.2) is 0 Å². The molecule has 0 aliphatic heterocycles. The van der Waals surface area contributed by atoms with E-state index < -0.39 is 11.9 Å². The fraction of sp³-hybridized carbons (Fsp3) is 0.615. The van der Waals surface area contributed by atoms with Gasteiger partial charge in [0.1, 0.15) is 5.69 Å². The number of carbonyl (C=O) groups excluding carboxylic acids is 1. The lowest BCUT2D eigenvalue weighted by molar-refractivity contribution is -0.140. The van der Waals surface area contributed by atoms with Crippen LogP contribution in [0.5, 0.6) is 0 Å². The van der Waals surface area contributed by atoms with E-state index in [0.29, 0.717) is 5.69 Å². The molecule has 19 heavy (non-hydrogen) atoms. The predicted molar refractivity (Wildman–Crippen MR) is 71.1 cm³/mol. The molecule has 2 N–H and O–H groups in total. The fourth-order valence-electron chi connectivity index (χ4n) is 1.69. The van der Waals surface area contributed by atoms with E-state index in [-0.39, 0.29) is 18.0 Å². The zero-order valence-corrected chi connectivity index (χ0v) is 12.0. The molecule has 1 aromatic rings. The molecule has 1 rings (SSSR count). The monoisotopic (exact) mass is 267 g/mol. The summed E-state index contributed by atoms with van der Waals surface area (Å²) >= 11 is 0. The Hall–Kier alpha value is -1.85. The highest BCUT2D eigenvalue weighted by Crippen LogP contribution is 2.16. The molecule has 6 heteroatoms. The number of hydrogen-bond donors (Lipinski definition) is 2. The largest absolute Gasteiger partial charge is 0.481 e. The molecule has 0 aliphatic carbocycles. The van der Waals surface area contributed by atoms with Gasteiger partial charge in [0.2, 0.25) is 0 Å². The molecule has 0 aromatic carbocycles. The maximum atomic E-state index is 11.9. The average molecular weight is 267 g/mol. The van der Waals surface area contributed by atoms with Gasteiger partial charge in [0.05, 0.1) is 11.5 Å². The van der Waals surface area contributed by atoms with Gasteiger partial charge in [-0.3, -0.25) is 14.3 Å². The number of nitrogens with zero attached hydrogens (tertiary/aromatic N) is 2. The zero-order chi connectivity index (χ0) is 14.8. The summed E-state index contributed by atoms with van der Waals surface area (Å²) in [4.78, 5) is 22.6. The smallest absolute Gasteiger partial charge is 0.308 e. The average Bonchev–Trinajstić information content (AvgIpc) is 2.67. The summed E-state index contributed by atoms with van der Waals surface area (Å²) in [5, 5.41) is 15.6. The Morgan fingerprint density at radius 2 is 2.05 bits per heavy atom. The topological polar surface area (TPSA) is 84.2 Å². The summed E-state index contributed by atoms with van der Waals surface area (Å²) < 4.78 is 1.78. The SMILES string of the molecule is Cc1cc(C(=O)NC[C@H](C)C(=O)O)nn1C(C)(C)C. The van der Waals surface area contributed by atoms with Gasteiger partial charge in [0.15, 0.2) is 0 Å². The van der Waals surface area contributed by atoms with Crippen molar-refractivity contribution in [2.45, 2.75) is 40.2 Å². The Labute approximate surface area is 112 Å². The third-order valence-corrected chi connectivity index (χ3v) is 2.75. The number of carbonyl (C=O) groups is 2. The van der Waals surface area contributed by atoms with E-state index in [1.54, 1.807) is 17.7 Å². The van der Waals surface area contributed by atoms with E-state index in [2.05, 4.69) is 10.4 Å². The Bertz CT molecular complexity index is 486. The third kappa shape index (κ3) is 3.81. The van der Waals surface area contributed by atoms with Gasteiger partial charge in [-0.05, 0) is 33.8 Å². The van der Waals surface area contributed by atoms with Crippen molar-refractivity contribution >= 4 is 11.9 Å². The molecule has 6 nitrogen and oxygen atoms in total. The molecule has 1 atom stereocenters.